The first-order valence-corrected chi connectivity index (χ1v) is 11.4. The molecular formula is C26H30N2O6. The number of ketones is 1. The monoisotopic (exact) mass is 466 g/mol. The van der Waals surface area contributed by atoms with E-state index < -0.39 is 17.7 Å². The third kappa shape index (κ3) is 4.93. The highest BCUT2D eigenvalue weighted by Gasteiger charge is 2.45. The molecule has 0 aromatic heterocycles. The topological polar surface area (TPSA) is 88.5 Å². The molecule has 1 unspecified atom stereocenters. The van der Waals surface area contributed by atoms with Gasteiger partial charge in [-0.15, -0.1) is 0 Å². The second kappa shape index (κ2) is 10.7. The van der Waals surface area contributed by atoms with Crippen LogP contribution >= 0.6 is 0 Å². The number of methoxy groups -OCH3 is 2. The van der Waals surface area contributed by atoms with Crippen LogP contribution in [0, 0.1) is 0 Å². The van der Waals surface area contributed by atoms with E-state index in [-0.39, 0.29) is 11.3 Å². The normalized spacial score (nSPS) is 20.5. The fraction of sp³-hybridized carbons (Fsp3) is 0.385. The van der Waals surface area contributed by atoms with Crippen LogP contribution < -0.4 is 9.47 Å². The number of morpholine rings is 1. The van der Waals surface area contributed by atoms with Gasteiger partial charge >= 0.3 is 0 Å². The third-order valence-corrected chi connectivity index (χ3v) is 6.29. The minimum absolute atomic E-state index is 0.0785. The summed E-state index contributed by atoms with van der Waals surface area (Å²) in [4.78, 5) is 30.1. The number of hydrogen-bond donors (Lipinski definition) is 1. The van der Waals surface area contributed by atoms with Crippen LogP contribution in [0.3, 0.4) is 0 Å². The molecule has 2 aromatic carbocycles. The fourth-order valence-electron chi connectivity index (χ4n) is 4.46. The number of rotatable bonds is 8. The van der Waals surface area contributed by atoms with Gasteiger partial charge in [-0.05, 0) is 48.4 Å². The standard InChI is InChI=1S/C26H30N2O6/c1-32-20-9-7-18(8-10-20)24(29)22-23(19-5-3-6-21(17-19)33-2)28(26(31)25(22)30)12-4-11-27-13-15-34-16-14-27/h3,5-10,17,23,29H,4,11-16H2,1-2H3. The number of likely N-dealkylation sites (tertiary alicyclic amines) is 1. The van der Waals surface area contributed by atoms with Gasteiger partial charge in [-0.2, -0.15) is 0 Å². The predicted molar refractivity (Wildman–Crippen MR) is 127 cm³/mol. The molecule has 1 N–H and O–H groups in total. The summed E-state index contributed by atoms with van der Waals surface area (Å²) in [6, 6.07) is 13.3. The Hall–Kier alpha value is -3.36. The summed E-state index contributed by atoms with van der Waals surface area (Å²) >= 11 is 0. The molecular weight excluding hydrogens is 436 g/mol. The zero-order chi connectivity index (χ0) is 24.1. The van der Waals surface area contributed by atoms with Gasteiger partial charge in [0.1, 0.15) is 17.3 Å². The summed E-state index contributed by atoms with van der Waals surface area (Å²) in [6.45, 7) is 4.32. The highest BCUT2D eigenvalue weighted by atomic mass is 16.5. The summed E-state index contributed by atoms with van der Waals surface area (Å²) in [6.07, 6.45) is 0.704. The predicted octanol–water partition coefficient (Wildman–Crippen LogP) is 2.85. The minimum Gasteiger partial charge on any atom is -0.507 e. The average Bonchev–Trinajstić information content (AvgIpc) is 3.14. The Morgan fingerprint density at radius 1 is 1.00 bits per heavy atom. The third-order valence-electron chi connectivity index (χ3n) is 6.29. The zero-order valence-corrected chi connectivity index (χ0v) is 19.5. The van der Waals surface area contributed by atoms with Gasteiger partial charge in [-0.25, -0.2) is 0 Å². The van der Waals surface area contributed by atoms with E-state index in [1.807, 2.05) is 12.1 Å². The molecule has 0 saturated carbocycles. The van der Waals surface area contributed by atoms with E-state index in [4.69, 9.17) is 14.2 Å². The Labute approximate surface area is 199 Å². The van der Waals surface area contributed by atoms with Crippen LogP contribution in [0.2, 0.25) is 0 Å². The van der Waals surface area contributed by atoms with E-state index in [2.05, 4.69) is 4.90 Å². The number of benzene rings is 2. The summed E-state index contributed by atoms with van der Waals surface area (Å²) in [5, 5.41) is 11.2. The van der Waals surface area contributed by atoms with E-state index in [9.17, 15) is 14.7 Å². The van der Waals surface area contributed by atoms with Crippen molar-refractivity contribution in [1.82, 2.24) is 9.80 Å². The second-order valence-corrected chi connectivity index (χ2v) is 8.31. The zero-order valence-electron chi connectivity index (χ0n) is 19.5. The van der Waals surface area contributed by atoms with E-state index in [0.717, 1.165) is 19.6 Å². The summed E-state index contributed by atoms with van der Waals surface area (Å²) in [7, 11) is 3.12. The van der Waals surface area contributed by atoms with Gasteiger partial charge in [-0.1, -0.05) is 12.1 Å². The number of aliphatic hydroxyl groups excluding tert-OH is 1. The van der Waals surface area contributed by atoms with Crippen molar-refractivity contribution in [3.05, 3.63) is 65.2 Å². The highest BCUT2D eigenvalue weighted by molar-refractivity contribution is 6.46. The minimum atomic E-state index is -0.707. The van der Waals surface area contributed by atoms with Crippen LogP contribution in [0.4, 0.5) is 0 Å². The van der Waals surface area contributed by atoms with E-state index in [1.165, 1.54) is 0 Å². The molecule has 180 valence electrons. The molecule has 34 heavy (non-hydrogen) atoms. The number of carbonyl (C=O) groups excluding carboxylic acids is 2. The van der Waals surface area contributed by atoms with Gasteiger partial charge in [-0.3, -0.25) is 14.5 Å². The Morgan fingerprint density at radius 3 is 2.38 bits per heavy atom. The Balaban J connectivity index is 1.68. The molecule has 1 amide bonds. The second-order valence-electron chi connectivity index (χ2n) is 8.31. The van der Waals surface area contributed by atoms with Crippen molar-refractivity contribution in [2.24, 2.45) is 0 Å². The van der Waals surface area contributed by atoms with Crippen LogP contribution in [-0.4, -0.2) is 80.2 Å². The molecule has 0 aliphatic carbocycles. The molecule has 4 rings (SSSR count). The number of hydrogen-bond acceptors (Lipinski definition) is 7. The molecule has 2 heterocycles. The van der Waals surface area contributed by atoms with E-state index in [1.54, 1.807) is 55.5 Å². The van der Waals surface area contributed by atoms with Crippen molar-refractivity contribution in [3.8, 4) is 11.5 Å². The number of carbonyl (C=O) groups is 2. The van der Waals surface area contributed by atoms with Gasteiger partial charge in [0, 0.05) is 31.7 Å². The largest absolute Gasteiger partial charge is 0.507 e. The summed E-state index contributed by atoms with van der Waals surface area (Å²) < 4.78 is 16.0. The van der Waals surface area contributed by atoms with E-state index >= 15 is 0 Å². The molecule has 2 aromatic rings. The Bertz CT molecular complexity index is 1060. The van der Waals surface area contributed by atoms with Gasteiger partial charge in [0.15, 0.2) is 0 Å². The molecule has 2 saturated heterocycles. The highest BCUT2D eigenvalue weighted by Crippen LogP contribution is 2.40. The lowest BCUT2D eigenvalue weighted by molar-refractivity contribution is -0.140. The molecule has 0 radical (unpaired) electrons. The van der Waals surface area contributed by atoms with Crippen LogP contribution in [0.5, 0.6) is 11.5 Å². The number of nitrogens with zero attached hydrogens (tertiary/aromatic N) is 2. The van der Waals surface area contributed by atoms with Gasteiger partial charge in [0.05, 0.1) is 39.0 Å². The van der Waals surface area contributed by atoms with Crippen molar-refractivity contribution < 1.29 is 28.9 Å². The van der Waals surface area contributed by atoms with Crippen LogP contribution in [0.1, 0.15) is 23.6 Å². The van der Waals surface area contributed by atoms with Crippen LogP contribution in [0.25, 0.3) is 5.76 Å². The number of aliphatic hydroxyl groups is 1. The summed E-state index contributed by atoms with van der Waals surface area (Å²) in [5.74, 6) is -0.257. The molecule has 8 nitrogen and oxygen atoms in total. The van der Waals surface area contributed by atoms with Crippen molar-refractivity contribution in [1.29, 1.82) is 0 Å². The lowest BCUT2D eigenvalue weighted by Gasteiger charge is -2.29. The van der Waals surface area contributed by atoms with Gasteiger partial charge < -0.3 is 24.2 Å². The maximum absolute atomic E-state index is 13.2. The Kier molecular flexibility index (Phi) is 7.49. The maximum atomic E-state index is 13.2. The quantitative estimate of drug-likeness (QED) is 0.364. The number of Topliss-reactive ketones (excluding diaryl/α,β-unsaturated/α-hetero) is 1. The van der Waals surface area contributed by atoms with Crippen molar-refractivity contribution in [2.45, 2.75) is 12.5 Å². The first-order chi connectivity index (χ1) is 16.5. The molecule has 2 aliphatic rings. The van der Waals surface area contributed by atoms with Gasteiger partial charge in [0.2, 0.25) is 0 Å². The average molecular weight is 467 g/mol. The fourth-order valence-corrected chi connectivity index (χ4v) is 4.46. The molecule has 0 bridgehead atoms. The number of ether oxygens (including phenoxy) is 3. The smallest absolute Gasteiger partial charge is 0.295 e. The van der Waals surface area contributed by atoms with Gasteiger partial charge in [0.25, 0.3) is 11.7 Å². The van der Waals surface area contributed by atoms with Crippen LogP contribution in [-0.2, 0) is 14.3 Å². The first-order valence-electron chi connectivity index (χ1n) is 11.4. The van der Waals surface area contributed by atoms with Crippen LogP contribution in [0.15, 0.2) is 54.1 Å². The molecule has 0 spiro atoms. The van der Waals surface area contributed by atoms with E-state index in [0.29, 0.717) is 48.8 Å². The number of amides is 1. The van der Waals surface area contributed by atoms with Crippen molar-refractivity contribution >= 4 is 17.4 Å². The Morgan fingerprint density at radius 2 is 1.71 bits per heavy atom. The van der Waals surface area contributed by atoms with Crippen molar-refractivity contribution in [3.63, 3.8) is 0 Å². The molecule has 2 aliphatic heterocycles. The molecule has 2 fully saturated rings. The summed E-state index contributed by atoms with van der Waals surface area (Å²) in [5.41, 5.74) is 1.23. The maximum Gasteiger partial charge on any atom is 0.295 e. The lowest BCUT2D eigenvalue weighted by Crippen LogP contribution is -2.38. The molecule has 8 heteroatoms. The van der Waals surface area contributed by atoms with Crippen molar-refractivity contribution in [2.75, 3.05) is 53.6 Å². The molecule has 1 atom stereocenters. The first kappa shape index (κ1) is 23.8. The lowest BCUT2D eigenvalue weighted by atomic mass is 9.95. The SMILES string of the molecule is COc1ccc(C(O)=C2C(=O)C(=O)N(CCCN3CCOCC3)C2c2cccc(OC)c2)cc1.